The van der Waals surface area contributed by atoms with Crippen molar-refractivity contribution in [3.05, 3.63) is 0 Å². The summed E-state index contributed by atoms with van der Waals surface area (Å²) in [6.45, 7) is 12.4. The SMILES string of the molecule is CCCCCC(C)C(=O)NC(CCCCC)C(=O)NC(CCCCC)C(=O)CC(C)C. The highest BCUT2D eigenvalue weighted by molar-refractivity contribution is 5.93. The van der Waals surface area contributed by atoms with Crippen molar-refractivity contribution in [3.8, 4) is 0 Å². The van der Waals surface area contributed by atoms with Crippen molar-refractivity contribution in [1.82, 2.24) is 10.6 Å². The zero-order chi connectivity index (χ0) is 23.6. The quantitative estimate of drug-likeness (QED) is 0.245. The molecule has 0 aliphatic carbocycles. The Bertz CT molecular complexity index is 505. The zero-order valence-corrected chi connectivity index (χ0v) is 21.2. The van der Waals surface area contributed by atoms with Crippen LogP contribution < -0.4 is 10.6 Å². The van der Waals surface area contributed by atoms with Gasteiger partial charge in [0.25, 0.3) is 0 Å². The van der Waals surface area contributed by atoms with Gasteiger partial charge in [0.15, 0.2) is 5.78 Å². The van der Waals surface area contributed by atoms with Crippen LogP contribution in [0.25, 0.3) is 0 Å². The first kappa shape index (κ1) is 29.6. The van der Waals surface area contributed by atoms with E-state index in [0.717, 1.165) is 64.2 Å². The number of hydrogen-bond acceptors (Lipinski definition) is 3. The largest absolute Gasteiger partial charge is 0.345 e. The van der Waals surface area contributed by atoms with Crippen LogP contribution in [0.4, 0.5) is 0 Å². The van der Waals surface area contributed by atoms with Gasteiger partial charge in [-0.2, -0.15) is 0 Å². The van der Waals surface area contributed by atoms with Gasteiger partial charge in [0.2, 0.25) is 11.8 Å². The van der Waals surface area contributed by atoms with Gasteiger partial charge in [-0.05, 0) is 25.2 Å². The first-order valence-corrected chi connectivity index (χ1v) is 12.9. The van der Waals surface area contributed by atoms with Gasteiger partial charge in [0, 0.05) is 12.3 Å². The van der Waals surface area contributed by atoms with Gasteiger partial charge < -0.3 is 10.6 Å². The first-order valence-electron chi connectivity index (χ1n) is 12.9. The Morgan fingerprint density at radius 3 is 1.55 bits per heavy atom. The van der Waals surface area contributed by atoms with Crippen LogP contribution in [0.1, 0.15) is 125 Å². The standard InChI is InChI=1S/C26H50N2O3/c1-7-10-13-16-21(6)25(30)28-23(18-15-12-9-3)26(31)27-22(17-14-11-8-2)24(29)19-20(4)5/h20-23H,7-19H2,1-6H3,(H,27,31)(H,28,30). The summed E-state index contributed by atoms with van der Waals surface area (Å²) in [7, 11) is 0. The second-order valence-electron chi connectivity index (χ2n) is 9.58. The zero-order valence-electron chi connectivity index (χ0n) is 21.2. The fraction of sp³-hybridized carbons (Fsp3) is 0.885. The highest BCUT2D eigenvalue weighted by Crippen LogP contribution is 2.13. The van der Waals surface area contributed by atoms with E-state index >= 15 is 0 Å². The third-order valence-corrected chi connectivity index (χ3v) is 5.83. The second-order valence-corrected chi connectivity index (χ2v) is 9.58. The molecule has 0 bridgehead atoms. The second kappa shape index (κ2) is 18.2. The molecule has 0 saturated carbocycles. The van der Waals surface area contributed by atoms with E-state index < -0.39 is 12.1 Å². The smallest absolute Gasteiger partial charge is 0.243 e. The molecule has 3 unspecified atom stereocenters. The van der Waals surface area contributed by atoms with Crippen molar-refractivity contribution in [2.75, 3.05) is 0 Å². The van der Waals surface area contributed by atoms with E-state index in [4.69, 9.17) is 0 Å². The molecule has 0 aromatic carbocycles. The minimum Gasteiger partial charge on any atom is -0.345 e. The van der Waals surface area contributed by atoms with Crippen LogP contribution in [0.5, 0.6) is 0 Å². The molecule has 0 aliphatic heterocycles. The summed E-state index contributed by atoms with van der Waals surface area (Å²) < 4.78 is 0. The number of hydrogen-bond donors (Lipinski definition) is 2. The topological polar surface area (TPSA) is 75.3 Å². The molecular weight excluding hydrogens is 388 g/mol. The van der Waals surface area contributed by atoms with E-state index in [0.29, 0.717) is 19.3 Å². The first-order chi connectivity index (χ1) is 14.8. The minimum absolute atomic E-state index is 0.0520. The maximum atomic E-state index is 13.1. The highest BCUT2D eigenvalue weighted by Gasteiger charge is 2.27. The molecule has 0 aromatic heterocycles. The molecular formula is C26H50N2O3. The third-order valence-electron chi connectivity index (χ3n) is 5.83. The Balaban J connectivity index is 5.13. The molecule has 5 heteroatoms. The summed E-state index contributed by atoms with van der Waals surface area (Å²) in [5.41, 5.74) is 0. The Morgan fingerprint density at radius 1 is 0.613 bits per heavy atom. The molecule has 0 heterocycles. The minimum atomic E-state index is -0.562. The Hall–Kier alpha value is -1.39. The highest BCUT2D eigenvalue weighted by atomic mass is 16.2. The molecule has 0 rings (SSSR count). The number of carbonyl (C=O) groups is 3. The van der Waals surface area contributed by atoms with E-state index in [1.54, 1.807) is 0 Å². The summed E-state index contributed by atoms with van der Waals surface area (Å²) in [6.07, 6.45) is 11.9. The van der Waals surface area contributed by atoms with E-state index in [1.807, 2.05) is 20.8 Å². The van der Waals surface area contributed by atoms with Crippen molar-refractivity contribution < 1.29 is 14.4 Å². The van der Waals surface area contributed by atoms with Gasteiger partial charge in [-0.25, -0.2) is 0 Å². The number of rotatable bonds is 19. The summed E-state index contributed by atoms with van der Waals surface area (Å²) >= 11 is 0. The van der Waals surface area contributed by atoms with Crippen LogP contribution in [-0.4, -0.2) is 29.7 Å². The van der Waals surface area contributed by atoms with Crippen molar-refractivity contribution in [1.29, 1.82) is 0 Å². The average molecular weight is 439 g/mol. The summed E-state index contributed by atoms with van der Waals surface area (Å²) in [5, 5.41) is 5.99. The van der Waals surface area contributed by atoms with E-state index in [-0.39, 0.29) is 29.4 Å². The van der Waals surface area contributed by atoms with Crippen LogP contribution >= 0.6 is 0 Å². The monoisotopic (exact) mass is 438 g/mol. The third kappa shape index (κ3) is 14.3. The lowest BCUT2D eigenvalue weighted by molar-refractivity contribution is -0.133. The van der Waals surface area contributed by atoms with Crippen LogP contribution in [0.15, 0.2) is 0 Å². The normalized spacial score (nSPS) is 14.2. The summed E-state index contributed by atoms with van der Waals surface area (Å²) in [5.74, 6) is 0.0108. The van der Waals surface area contributed by atoms with Crippen molar-refractivity contribution >= 4 is 17.6 Å². The molecule has 31 heavy (non-hydrogen) atoms. The van der Waals surface area contributed by atoms with Crippen molar-refractivity contribution in [3.63, 3.8) is 0 Å². The fourth-order valence-electron chi connectivity index (χ4n) is 3.74. The summed E-state index contributed by atoms with van der Waals surface area (Å²) in [6, 6.07) is -1.01. The summed E-state index contributed by atoms with van der Waals surface area (Å²) in [4.78, 5) is 38.6. The number of nitrogens with one attached hydrogen (secondary N) is 2. The number of carbonyl (C=O) groups excluding carboxylic acids is 3. The fourth-order valence-corrected chi connectivity index (χ4v) is 3.74. The number of Topliss-reactive ketones (excluding diaryl/α,β-unsaturated/α-hetero) is 1. The lowest BCUT2D eigenvalue weighted by atomic mass is 9.96. The lowest BCUT2D eigenvalue weighted by Crippen LogP contribution is -2.52. The van der Waals surface area contributed by atoms with Crippen molar-refractivity contribution in [2.24, 2.45) is 11.8 Å². The van der Waals surface area contributed by atoms with Gasteiger partial charge in [-0.1, -0.05) is 99.3 Å². The van der Waals surface area contributed by atoms with E-state index in [2.05, 4.69) is 31.4 Å². The van der Waals surface area contributed by atoms with Gasteiger partial charge in [-0.15, -0.1) is 0 Å². The van der Waals surface area contributed by atoms with E-state index in [9.17, 15) is 14.4 Å². The average Bonchev–Trinajstić information content (AvgIpc) is 2.71. The molecule has 0 spiro atoms. The maximum Gasteiger partial charge on any atom is 0.243 e. The molecule has 5 nitrogen and oxygen atoms in total. The molecule has 0 fully saturated rings. The Morgan fingerprint density at radius 2 is 1.06 bits per heavy atom. The van der Waals surface area contributed by atoms with Crippen LogP contribution in [0.3, 0.4) is 0 Å². The van der Waals surface area contributed by atoms with Crippen LogP contribution in [-0.2, 0) is 14.4 Å². The van der Waals surface area contributed by atoms with Gasteiger partial charge in [0.1, 0.15) is 6.04 Å². The van der Waals surface area contributed by atoms with Crippen LogP contribution in [0, 0.1) is 11.8 Å². The molecule has 2 N–H and O–H groups in total. The number of amides is 2. The van der Waals surface area contributed by atoms with Crippen LogP contribution in [0.2, 0.25) is 0 Å². The molecule has 2 amide bonds. The van der Waals surface area contributed by atoms with Gasteiger partial charge in [-0.3, -0.25) is 14.4 Å². The predicted molar refractivity (Wildman–Crippen MR) is 130 cm³/mol. The molecule has 0 radical (unpaired) electrons. The molecule has 3 atom stereocenters. The van der Waals surface area contributed by atoms with E-state index in [1.165, 1.54) is 0 Å². The number of unbranched alkanes of at least 4 members (excludes halogenated alkanes) is 6. The molecule has 0 aromatic rings. The van der Waals surface area contributed by atoms with Crippen molar-refractivity contribution in [2.45, 2.75) is 137 Å². The Kier molecular flexibility index (Phi) is 17.4. The molecule has 182 valence electrons. The Labute approximate surface area is 191 Å². The lowest BCUT2D eigenvalue weighted by Gasteiger charge is -2.24. The molecule has 0 saturated heterocycles. The molecule has 0 aliphatic rings. The predicted octanol–water partition coefficient (Wildman–Crippen LogP) is 5.95. The van der Waals surface area contributed by atoms with Gasteiger partial charge >= 0.3 is 0 Å². The van der Waals surface area contributed by atoms with Gasteiger partial charge in [0.05, 0.1) is 6.04 Å². The maximum absolute atomic E-state index is 13.1. The number of ketones is 1.